The van der Waals surface area contributed by atoms with Crippen LogP contribution in [-0.2, 0) is 18.2 Å². The lowest BCUT2D eigenvalue weighted by atomic mass is 10.1. The van der Waals surface area contributed by atoms with E-state index in [1.54, 1.807) is 0 Å². The molecule has 6 nitrogen and oxygen atoms in total. The zero-order valence-corrected chi connectivity index (χ0v) is 12.4. The van der Waals surface area contributed by atoms with E-state index in [0.29, 0.717) is 13.0 Å². The Morgan fingerprint density at radius 2 is 2.21 bits per heavy atom. The molecule has 0 aliphatic heterocycles. The van der Waals surface area contributed by atoms with E-state index in [1.165, 1.54) is 0 Å². The van der Waals surface area contributed by atoms with Crippen molar-refractivity contribution in [3.05, 3.63) is 17.5 Å². The van der Waals surface area contributed by atoms with Crippen LogP contribution in [0.3, 0.4) is 0 Å². The number of aromatic nitrogens is 2. The number of amides is 1. The van der Waals surface area contributed by atoms with Crippen molar-refractivity contribution in [3.63, 3.8) is 0 Å². The minimum Gasteiger partial charge on any atom is -0.444 e. The van der Waals surface area contributed by atoms with Crippen LogP contribution in [0.5, 0.6) is 0 Å². The first-order chi connectivity index (χ1) is 8.69. The molecule has 0 radical (unpaired) electrons. The highest BCUT2D eigenvalue weighted by Crippen LogP contribution is 2.08. The average molecular weight is 268 g/mol. The topological polar surface area (TPSA) is 82.2 Å². The van der Waals surface area contributed by atoms with Crippen LogP contribution in [0.1, 0.15) is 32.0 Å². The van der Waals surface area contributed by atoms with Crippen molar-refractivity contribution in [3.8, 4) is 0 Å². The number of nitrogens with two attached hydrogens (primary N) is 1. The Hall–Kier alpha value is -1.56. The van der Waals surface area contributed by atoms with Gasteiger partial charge < -0.3 is 15.8 Å². The van der Waals surface area contributed by atoms with Crippen molar-refractivity contribution in [2.75, 3.05) is 6.54 Å². The number of nitrogens with one attached hydrogen (secondary N) is 1. The number of hydrogen-bond acceptors (Lipinski definition) is 4. The smallest absolute Gasteiger partial charge is 0.407 e. The summed E-state index contributed by atoms with van der Waals surface area (Å²) in [5, 5.41) is 6.84. The van der Waals surface area contributed by atoms with E-state index in [0.717, 1.165) is 11.3 Å². The van der Waals surface area contributed by atoms with E-state index in [9.17, 15) is 4.79 Å². The SMILES string of the molecule is Cc1cnn(C)c1CC(N)CNC(=O)OC(C)(C)C. The van der Waals surface area contributed by atoms with Crippen LogP contribution in [-0.4, -0.2) is 34.1 Å². The van der Waals surface area contributed by atoms with Gasteiger partial charge in [-0.15, -0.1) is 0 Å². The van der Waals surface area contributed by atoms with Crippen molar-refractivity contribution < 1.29 is 9.53 Å². The summed E-state index contributed by atoms with van der Waals surface area (Å²) in [5.74, 6) is 0. The lowest BCUT2D eigenvalue weighted by Gasteiger charge is -2.21. The first-order valence-electron chi connectivity index (χ1n) is 6.39. The van der Waals surface area contributed by atoms with Crippen LogP contribution in [0.2, 0.25) is 0 Å². The van der Waals surface area contributed by atoms with Gasteiger partial charge in [-0.05, 0) is 33.3 Å². The summed E-state index contributed by atoms with van der Waals surface area (Å²) in [6, 6.07) is -0.165. The second-order valence-electron chi connectivity index (χ2n) is 5.74. The summed E-state index contributed by atoms with van der Waals surface area (Å²) < 4.78 is 6.96. The molecular weight excluding hydrogens is 244 g/mol. The summed E-state index contributed by atoms with van der Waals surface area (Å²) in [5.41, 5.74) is 7.70. The number of carbonyl (C=O) groups excluding carboxylic acids is 1. The number of aryl methyl sites for hydroxylation is 2. The Morgan fingerprint density at radius 1 is 1.58 bits per heavy atom. The summed E-state index contributed by atoms with van der Waals surface area (Å²) >= 11 is 0. The molecule has 0 bridgehead atoms. The first kappa shape index (κ1) is 15.5. The minimum absolute atomic E-state index is 0.165. The van der Waals surface area contributed by atoms with Gasteiger partial charge in [-0.3, -0.25) is 4.68 Å². The molecule has 1 unspecified atom stereocenters. The lowest BCUT2D eigenvalue weighted by Crippen LogP contribution is -2.41. The molecule has 1 aromatic rings. The van der Waals surface area contributed by atoms with E-state index >= 15 is 0 Å². The number of hydrogen-bond donors (Lipinski definition) is 2. The Morgan fingerprint density at radius 3 is 2.68 bits per heavy atom. The van der Waals surface area contributed by atoms with E-state index < -0.39 is 11.7 Å². The number of nitrogens with zero attached hydrogens (tertiary/aromatic N) is 2. The summed E-state index contributed by atoms with van der Waals surface area (Å²) in [6.45, 7) is 7.85. The van der Waals surface area contributed by atoms with Crippen LogP contribution in [0.15, 0.2) is 6.20 Å². The second-order valence-corrected chi connectivity index (χ2v) is 5.74. The van der Waals surface area contributed by atoms with Gasteiger partial charge in [0.25, 0.3) is 0 Å². The molecule has 1 heterocycles. The first-order valence-corrected chi connectivity index (χ1v) is 6.39. The van der Waals surface area contributed by atoms with Gasteiger partial charge in [-0.25, -0.2) is 4.79 Å². The molecule has 1 amide bonds. The van der Waals surface area contributed by atoms with Gasteiger partial charge in [0.2, 0.25) is 0 Å². The fraction of sp³-hybridized carbons (Fsp3) is 0.692. The summed E-state index contributed by atoms with van der Waals surface area (Å²) in [6.07, 6.45) is 2.03. The maximum atomic E-state index is 11.5. The molecule has 0 saturated carbocycles. The molecule has 0 fully saturated rings. The minimum atomic E-state index is -0.493. The molecule has 0 aromatic carbocycles. The van der Waals surface area contributed by atoms with E-state index in [2.05, 4.69) is 10.4 Å². The number of alkyl carbamates (subject to hydrolysis) is 1. The number of rotatable bonds is 4. The maximum absolute atomic E-state index is 11.5. The molecule has 0 aliphatic rings. The van der Waals surface area contributed by atoms with Crippen molar-refractivity contribution >= 4 is 6.09 Å². The zero-order valence-electron chi connectivity index (χ0n) is 12.4. The van der Waals surface area contributed by atoms with E-state index in [1.807, 2.05) is 45.6 Å². The van der Waals surface area contributed by atoms with Gasteiger partial charge in [0, 0.05) is 31.7 Å². The fourth-order valence-electron chi connectivity index (χ4n) is 1.71. The van der Waals surface area contributed by atoms with Crippen LogP contribution in [0, 0.1) is 6.92 Å². The van der Waals surface area contributed by atoms with Crippen molar-refractivity contribution in [1.82, 2.24) is 15.1 Å². The number of ether oxygens (including phenoxy) is 1. The van der Waals surface area contributed by atoms with Crippen molar-refractivity contribution in [2.24, 2.45) is 12.8 Å². The second kappa shape index (κ2) is 6.06. The molecule has 0 spiro atoms. The largest absolute Gasteiger partial charge is 0.444 e. The third-order valence-electron chi connectivity index (χ3n) is 2.63. The summed E-state index contributed by atoms with van der Waals surface area (Å²) in [7, 11) is 1.89. The zero-order chi connectivity index (χ0) is 14.6. The Balaban J connectivity index is 2.40. The van der Waals surface area contributed by atoms with E-state index in [-0.39, 0.29) is 6.04 Å². The third kappa shape index (κ3) is 5.30. The molecular formula is C13H24N4O2. The molecule has 1 rings (SSSR count). The fourth-order valence-corrected chi connectivity index (χ4v) is 1.71. The monoisotopic (exact) mass is 268 g/mol. The maximum Gasteiger partial charge on any atom is 0.407 e. The Kier molecular flexibility index (Phi) is 4.94. The highest BCUT2D eigenvalue weighted by Gasteiger charge is 2.17. The molecule has 0 aliphatic carbocycles. The van der Waals surface area contributed by atoms with Gasteiger partial charge in [0.05, 0.1) is 6.20 Å². The molecule has 0 saturated heterocycles. The highest BCUT2D eigenvalue weighted by molar-refractivity contribution is 5.67. The molecule has 19 heavy (non-hydrogen) atoms. The van der Waals surface area contributed by atoms with Crippen molar-refractivity contribution in [2.45, 2.75) is 45.8 Å². The third-order valence-corrected chi connectivity index (χ3v) is 2.63. The highest BCUT2D eigenvalue weighted by atomic mass is 16.6. The molecule has 3 N–H and O–H groups in total. The Bertz CT molecular complexity index is 415. The molecule has 1 aromatic heterocycles. The number of carbonyl (C=O) groups is 1. The van der Waals surface area contributed by atoms with Gasteiger partial charge in [-0.1, -0.05) is 0 Å². The quantitative estimate of drug-likeness (QED) is 0.857. The van der Waals surface area contributed by atoms with E-state index in [4.69, 9.17) is 10.5 Å². The van der Waals surface area contributed by atoms with Gasteiger partial charge in [0.1, 0.15) is 5.60 Å². The molecule has 6 heteroatoms. The Labute approximate surface area is 114 Å². The molecule has 108 valence electrons. The predicted molar refractivity (Wildman–Crippen MR) is 73.9 cm³/mol. The normalized spacial score (nSPS) is 13.2. The summed E-state index contributed by atoms with van der Waals surface area (Å²) in [4.78, 5) is 11.5. The van der Waals surface area contributed by atoms with Gasteiger partial charge >= 0.3 is 6.09 Å². The van der Waals surface area contributed by atoms with Crippen LogP contribution < -0.4 is 11.1 Å². The van der Waals surface area contributed by atoms with Gasteiger partial charge in [0.15, 0.2) is 0 Å². The predicted octanol–water partition coefficient (Wildman–Crippen LogP) is 1.12. The van der Waals surface area contributed by atoms with Crippen molar-refractivity contribution in [1.29, 1.82) is 0 Å². The average Bonchev–Trinajstić information content (AvgIpc) is 2.56. The molecule has 1 atom stereocenters. The van der Waals surface area contributed by atoms with Crippen LogP contribution in [0.4, 0.5) is 4.79 Å². The van der Waals surface area contributed by atoms with Gasteiger partial charge in [-0.2, -0.15) is 5.10 Å². The van der Waals surface area contributed by atoms with Crippen LogP contribution in [0.25, 0.3) is 0 Å². The lowest BCUT2D eigenvalue weighted by molar-refractivity contribution is 0.0524. The standard InChI is InChI=1S/C13H24N4O2/c1-9-7-16-17(5)11(9)6-10(14)8-15-12(18)19-13(2,3)4/h7,10H,6,8,14H2,1-5H3,(H,15,18). The van der Waals surface area contributed by atoms with Crippen LogP contribution >= 0.6 is 0 Å².